The van der Waals surface area contributed by atoms with Crippen molar-refractivity contribution in [1.29, 1.82) is 0 Å². The van der Waals surface area contributed by atoms with Gasteiger partial charge in [0.05, 0.1) is 0 Å². The molecule has 0 aliphatic rings. The van der Waals surface area contributed by atoms with Crippen LogP contribution in [0.3, 0.4) is 0 Å². The van der Waals surface area contributed by atoms with Crippen LogP contribution in [-0.4, -0.2) is 0 Å². The molecule has 0 aromatic rings. The van der Waals surface area contributed by atoms with Gasteiger partial charge >= 0.3 is 69.0 Å². The Hall–Kier alpha value is 1.74. The van der Waals surface area contributed by atoms with Gasteiger partial charge in [-0.2, -0.15) is 0 Å². The van der Waals surface area contributed by atoms with Crippen LogP contribution in [0.4, 0.5) is 0 Å². The summed E-state index contributed by atoms with van der Waals surface area (Å²) >= 11 is -1.64. The van der Waals surface area contributed by atoms with Crippen LogP contribution < -0.4 is 17.5 Å². The van der Waals surface area contributed by atoms with Crippen LogP contribution in [0, 0.1) is 0 Å². The van der Waals surface area contributed by atoms with Gasteiger partial charge in [-0.1, -0.05) is 0 Å². The third-order valence-corrected chi connectivity index (χ3v) is 0. The van der Waals surface area contributed by atoms with E-state index < -0.39 is 14.3 Å². The predicted octanol–water partition coefficient (Wildman–Crippen LogP) is -0.988. The van der Waals surface area contributed by atoms with Crippen molar-refractivity contribution in [2.75, 3.05) is 0 Å². The zero-order valence-electron chi connectivity index (χ0n) is 3.70. The molecule has 0 spiro atoms. The Kier molecular flexibility index (Phi) is 5.91. The third-order valence-electron chi connectivity index (χ3n) is 0. The molecule has 8 N–H and O–H groups in total. The van der Waals surface area contributed by atoms with Crippen LogP contribution in [-0.2, 0) is 32.5 Å². The van der Waals surface area contributed by atoms with Crippen molar-refractivity contribution >= 4 is 19.1 Å². The van der Waals surface area contributed by atoms with E-state index in [1.165, 1.54) is 0 Å². The Morgan fingerprint density at radius 3 is 1.00 bits per heavy atom. The van der Waals surface area contributed by atoms with E-state index >= 15 is 0 Å². The monoisotopic (exact) mass is 346 g/mol. The molecule has 0 aromatic carbocycles. The van der Waals surface area contributed by atoms with Crippen molar-refractivity contribution in [2.24, 2.45) is 17.5 Å². The van der Waals surface area contributed by atoms with Crippen LogP contribution in [0.25, 0.3) is 0 Å². The molecule has 0 saturated carbocycles. The quantitative estimate of drug-likeness (QED) is 0.422. The van der Waals surface area contributed by atoms with Gasteiger partial charge in [0.1, 0.15) is 0 Å². The van der Waals surface area contributed by atoms with Gasteiger partial charge in [-0.3, -0.25) is 0 Å². The van der Waals surface area contributed by atoms with Crippen LogP contribution in [0.15, 0.2) is 0 Å². The van der Waals surface area contributed by atoms with E-state index in [9.17, 15) is 0 Å². The first-order chi connectivity index (χ1) is 3.24. The molecular formula is H8Cl2N4Pd2. The third kappa shape index (κ3) is 116. The molecule has 0 aliphatic carbocycles. The summed E-state index contributed by atoms with van der Waals surface area (Å²) in [6, 6.07) is 0. The summed E-state index contributed by atoms with van der Waals surface area (Å²) < 4.78 is 19.4. The molecule has 0 unspecified atom stereocenters. The van der Waals surface area contributed by atoms with Crippen LogP contribution in [0.2, 0.25) is 0 Å². The van der Waals surface area contributed by atoms with E-state index in [0.717, 1.165) is 0 Å². The van der Waals surface area contributed by atoms with Gasteiger partial charge in [0.15, 0.2) is 0 Å². The molecular weight excluding hydrogens is 340 g/mol. The molecule has 0 rings (SSSR count). The van der Waals surface area contributed by atoms with Crippen molar-refractivity contribution in [3.05, 3.63) is 0 Å². The van der Waals surface area contributed by atoms with Gasteiger partial charge in [-0.25, -0.2) is 0 Å². The van der Waals surface area contributed by atoms with E-state index in [0.29, 0.717) is 0 Å². The Bertz CT molecular complexity index is 45.2. The summed E-state index contributed by atoms with van der Waals surface area (Å²) in [5, 5.41) is 0. The van der Waals surface area contributed by atoms with Crippen LogP contribution in [0.5, 0.6) is 0 Å². The molecule has 0 fully saturated rings. The molecule has 0 aliphatic heterocycles. The van der Waals surface area contributed by atoms with Crippen molar-refractivity contribution in [3.63, 3.8) is 0 Å². The van der Waals surface area contributed by atoms with Crippen molar-refractivity contribution in [2.45, 2.75) is 0 Å². The van der Waals surface area contributed by atoms with Gasteiger partial charge in [-0.15, -0.1) is 0 Å². The van der Waals surface area contributed by atoms with Crippen molar-refractivity contribution < 1.29 is 32.5 Å². The minimum atomic E-state index is -3.86. The molecule has 4 nitrogen and oxygen atoms in total. The summed E-state index contributed by atoms with van der Waals surface area (Å²) in [6.45, 7) is 0. The fourth-order valence-electron chi connectivity index (χ4n) is 0. The second kappa shape index (κ2) is 3.80. The average molecular weight is 348 g/mol. The fourth-order valence-corrected chi connectivity index (χ4v) is 0. The molecule has 0 amide bonds. The molecule has 0 radical (unpaired) electrons. The number of halogens is 2. The summed E-state index contributed by atoms with van der Waals surface area (Å²) in [7, 11) is 9.55. The molecule has 0 saturated heterocycles. The maximum atomic E-state index is 5.06. The second-order valence-corrected chi connectivity index (χ2v) is 8.64. The molecule has 0 heterocycles. The zero-order chi connectivity index (χ0) is 7.45. The molecule has 8 heteroatoms. The second-order valence-electron chi connectivity index (χ2n) is 0.908. The van der Waals surface area contributed by atoms with Gasteiger partial charge in [0.25, 0.3) is 0 Å². The van der Waals surface area contributed by atoms with Gasteiger partial charge < -0.3 is 0 Å². The van der Waals surface area contributed by atoms with Crippen molar-refractivity contribution in [1.82, 2.24) is 0 Å². The standard InChI is InChI=1S/2ClH.4H2N.2Pd/h2*1H;4*1H2;;/q;;4*-1;+1;+5/p-2. The first-order valence-corrected chi connectivity index (χ1v) is 8.56. The SMILES string of the molecule is [Cl][Pd].[NH2][Pd]([NH2])([NH2])([NH2])[Cl]. The topological polar surface area (TPSA) is 104 Å². The molecule has 0 bridgehead atoms. The first kappa shape index (κ1) is 12.4. The summed E-state index contributed by atoms with van der Waals surface area (Å²) in [6.07, 6.45) is 0. The van der Waals surface area contributed by atoms with E-state index in [4.69, 9.17) is 27.0 Å². The Labute approximate surface area is 68.5 Å². The molecule has 0 atom stereocenters. The minimum absolute atomic E-state index is 2.22. The van der Waals surface area contributed by atoms with E-state index in [1.807, 2.05) is 0 Å². The van der Waals surface area contributed by atoms with Gasteiger partial charge in [-0.05, 0) is 0 Å². The Balaban J connectivity index is 0. The van der Waals surface area contributed by atoms with E-state index in [-0.39, 0.29) is 0 Å². The predicted molar refractivity (Wildman–Crippen MR) is 28.5 cm³/mol. The van der Waals surface area contributed by atoms with Gasteiger partial charge in [0, 0.05) is 0 Å². The molecule has 62 valence electrons. The molecule has 8 heavy (non-hydrogen) atoms. The number of hydrogen-bond acceptors (Lipinski definition) is 4. The Morgan fingerprint density at radius 2 is 1.00 bits per heavy atom. The van der Waals surface area contributed by atoms with E-state index in [1.54, 1.807) is 0 Å². The maximum absolute atomic E-state index is 5.06. The number of rotatable bonds is 0. The Morgan fingerprint density at radius 1 is 1.00 bits per heavy atom. The fraction of sp³-hybridized carbons (Fsp3) is 0. The number of nitrogens with two attached hydrogens (primary N) is 4. The normalized spacial score (nSPS) is 15.2. The first-order valence-electron chi connectivity index (χ1n) is 0.969. The van der Waals surface area contributed by atoms with Crippen LogP contribution in [0.1, 0.15) is 0 Å². The summed E-state index contributed by atoms with van der Waals surface area (Å²) in [5.74, 6) is 0. The molecule has 0 aromatic heterocycles. The zero-order valence-corrected chi connectivity index (χ0v) is 8.32. The average Bonchev–Trinajstić information content (AvgIpc) is 1.33. The summed E-state index contributed by atoms with van der Waals surface area (Å²) in [5.41, 5.74) is 0. The van der Waals surface area contributed by atoms with E-state index in [2.05, 4.69) is 27.7 Å². The van der Waals surface area contributed by atoms with Crippen LogP contribution >= 0.6 is 19.1 Å². The van der Waals surface area contributed by atoms with Crippen molar-refractivity contribution in [3.8, 4) is 0 Å². The summed E-state index contributed by atoms with van der Waals surface area (Å²) in [4.78, 5) is 0. The number of hydrogen-bond donors (Lipinski definition) is 4. The van der Waals surface area contributed by atoms with Gasteiger partial charge in [0.2, 0.25) is 0 Å².